The third kappa shape index (κ3) is 4.87. The standard InChI is InChI=1S/C18H24F3N/c1-13-8-14(2)11-22(10-13)12-15(3)9-16-4-6-17(7-5-16)18(19,20)21/h4-7,13-14H,3,8-12H2,1-2H3. The molecule has 1 fully saturated rings. The number of piperidine rings is 1. The molecule has 0 spiro atoms. The largest absolute Gasteiger partial charge is 0.416 e. The van der Waals surface area contributed by atoms with Gasteiger partial charge in [-0.3, -0.25) is 4.90 Å². The van der Waals surface area contributed by atoms with Crippen molar-refractivity contribution in [2.45, 2.75) is 32.9 Å². The van der Waals surface area contributed by atoms with E-state index in [1.807, 2.05) is 0 Å². The molecule has 2 unspecified atom stereocenters. The normalized spacial score (nSPS) is 23.5. The lowest BCUT2D eigenvalue weighted by molar-refractivity contribution is -0.137. The Labute approximate surface area is 130 Å². The van der Waals surface area contributed by atoms with Crippen molar-refractivity contribution in [1.82, 2.24) is 4.90 Å². The van der Waals surface area contributed by atoms with Gasteiger partial charge in [0.15, 0.2) is 0 Å². The van der Waals surface area contributed by atoms with Crippen molar-refractivity contribution in [2.24, 2.45) is 11.8 Å². The second-order valence-corrected chi connectivity index (χ2v) is 6.76. The highest BCUT2D eigenvalue weighted by Crippen LogP contribution is 2.29. The molecule has 0 bridgehead atoms. The lowest BCUT2D eigenvalue weighted by atomic mass is 9.91. The van der Waals surface area contributed by atoms with Crippen LogP contribution >= 0.6 is 0 Å². The zero-order valence-corrected chi connectivity index (χ0v) is 13.3. The van der Waals surface area contributed by atoms with Crippen molar-refractivity contribution in [2.75, 3.05) is 19.6 Å². The maximum absolute atomic E-state index is 12.5. The first-order chi connectivity index (χ1) is 10.2. The average molecular weight is 311 g/mol. The van der Waals surface area contributed by atoms with E-state index in [4.69, 9.17) is 0 Å². The van der Waals surface area contributed by atoms with Gasteiger partial charge in [0, 0.05) is 19.6 Å². The van der Waals surface area contributed by atoms with Gasteiger partial charge in [-0.2, -0.15) is 13.2 Å². The molecule has 0 N–H and O–H groups in total. The number of likely N-dealkylation sites (tertiary alicyclic amines) is 1. The molecule has 1 aliphatic heterocycles. The summed E-state index contributed by atoms with van der Waals surface area (Å²) in [5.41, 5.74) is 1.35. The van der Waals surface area contributed by atoms with Gasteiger partial charge in [-0.25, -0.2) is 0 Å². The third-order valence-corrected chi connectivity index (χ3v) is 4.13. The molecule has 0 aromatic heterocycles. The van der Waals surface area contributed by atoms with Crippen LogP contribution < -0.4 is 0 Å². The van der Waals surface area contributed by atoms with E-state index in [-0.39, 0.29) is 0 Å². The van der Waals surface area contributed by atoms with Gasteiger partial charge in [-0.15, -0.1) is 0 Å². The van der Waals surface area contributed by atoms with Gasteiger partial charge in [-0.1, -0.05) is 38.1 Å². The van der Waals surface area contributed by atoms with E-state index in [1.54, 1.807) is 12.1 Å². The number of hydrogen-bond donors (Lipinski definition) is 0. The fraction of sp³-hybridized carbons (Fsp3) is 0.556. The van der Waals surface area contributed by atoms with Crippen molar-refractivity contribution >= 4 is 0 Å². The van der Waals surface area contributed by atoms with Crippen molar-refractivity contribution in [3.8, 4) is 0 Å². The van der Waals surface area contributed by atoms with Crippen LogP contribution in [-0.2, 0) is 12.6 Å². The Hall–Kier alpha value is -1.29. The summed E-state index contributed by atoms with van der Waals surface area (Å²) in [5.74, 6) is 1.39. The lowest BCUT2D eigenvalue weighted by Crippen LogP contribution is -2.39. The van der Waals surface area contributed by atoms with Crippen molar-refractivity contribution in [3.05, 3.63) is 47.5 Å². The molecule has 1 aromatic rings. The van der Waals surface area contributed by atoms with Crippen LogP contribution in [0, 0.1) is 11.8 Å². The summed E-state index contributed by atoms with van der Waals surface area (Å²) >= 11 is 0. The molecule has 1 nitrogen and oxygen atoms in total. The average Bonchev–Trinajstić information content (AvgIpc) is 2.36. The maximum atomic E-state index is 12.5. The molecule has 1 aromatic carbocycles. The summed E-state index contributed by atoms with van der Waals surface area (Å²) in [4.78, 5) is 2.41. The minimum absolute atomic E-state index is 0.597. The number of rotatable bonds is 4. The van der Waals surface area contributed by atoms with Gasteiger partial charge in [0.1, 0.15) is 0 Å². The van der Waals surface area contributed by atoms with Gasteiger partial charge in [0.2, 0.25) is 0 Å². The van der Waals surface area contributed by atoms with Crippen LogP contribution in [0.1, 0.15) is 31.4 Å². The Morgan fingerprint density at radius 2 is 1.68 bits per heavy atom. The van der Waals surface area contributed by atoms with Crippen LogP contribution in [0.2, 0.25) is 0 Å². The number of nitrogens with zero attached hydrogens (tertiary/aromatic N) is 1. The van der Waals surface area contributed by atoms with Gasteiger partial charge in [0.05, 0.1) is 5.56 Å². The summed E-state index contributed by atoms with van der Waals surface area (Å²) < 4.78 is 37.6. The molecule has 2 rings (SSSR count). The third-order valence-electron chi connectivity index (χ3n) is 4.13. The molecule has 0 saturated carbocycles. The summed E-state index contributed by atoms with van der Waals surface area (Å²) in [5, 5.41) is 0. The van der Waals surface area contributed by atoms with E-state index >= 15 is 0 Å². The van der Waals surface area contributed by atoms with Crippen LogP contribution in [0.25, 0.3) is 0 Å². The number of benzene rings is 1. The van der Waals surface area contributed by atoms with Gasteiger partial charge in [0.25, 0.3) is 0 Å². The Morgan fingerprint density at radius 3 is 2.18 bits per heavy atom. The zero-order valence-electron chi connectivity index (χ0n) is 13.3. The van der Waals surface area contributed by atoms with E-state index in [2.05, 4.69) is 25.3 Å². The second-order valence-electron chi connectivity index (χ2n) is 6.76. The SMILES string of the molecule is C=C(Cc1ccc(C(F)(F)F)cc1)CN1CC(C)CC(C)C1. The van der Waals surface area contributed by atoms with Crippen LogP contribution in [0.3, 0.4) is 0 Å². The van der Waals surface area contributed by atoms with E-state index in [0.29, 0.717) is 18.3 Å². The summed E-state index contributed by atoms with van der Waals surface area (Å²) in [6, 6.07) is 5.40. The Morgan fingerprint density at radius 1 is 1.14 bits per heavy atom. The molecule has 4 heteroatoms. The fourth-order valence-corrected chi connectivity index (χ4v) is 3.39. The summed E-state index contributed by atoms with van der Waals surface area (Å²) in [6.45, 7) is 11.6. The highest BCUT2D eigenvalue weighted by Gasteiger charge is 2.30. The number of halogens is 3. The highest BCUT2D eigenvalue weighted by atomic mass is 19.4. The molecular weight excluding hydrogens is 287 g/mol. The van der Waals surface area contributed by atoms with Gasteiger partial charge < -0.3 is 0 Å². The van der Waals surface area contributed by atoms with E-state index < -0.39 is 11.7 Å². The molecule has 0 amide bonds. The van der Waals surface area contributed by atoms with Gasteiger partial charge in [-0.05, 0) is 42.4 Å². The predicted octanol–water partition coefficient (Wildman–Crippen LogP) is 4.78. The van der Waals surface area contributed by atoms with E-state index in [1.165, 1.54) is 6.42 Å². The molecule has 1 saturated heterocycles. The minimum Gasteiger partial charge on any atom is -0.299 e. The Kier molecular flexibility index (Phi) is 5.32. The maximum Gasteiger partial charge on any atom is 0.416 e. The van der Waals surface area contributed by atoms with Crippen LogP contribution in [0.5, 0.6) is 0 Å². The molecule has 1 aliphatic rings. The van der Waals surface area contributed by atoms with Crippen molar-refractivity contribution in [3.63, 3.8) is 0 Å². The molecule has 1 heterocycles. The smallest absolute Gasteiger partial charge is 0.299 e. The molecule has 122 valence electrons. The zero-order chi connectivity index (χ0) is 16.3. The van der Waals surface area contributed by atoms with E-state index in [9.17, 15) is 13.2 Å². The minimum atomic E-state index is -4.27. The fourth-order valence-electron chi connectivity index (χ4n) is 3.39. The first-order valence-corrected chi connectivity index (χ1v) is 7.79. The lowest BCUT2D eigenvalue weighted by Gasteiger charge is -2.35. The first-order valence-electron chi connectivity index (χ1n) is 7.79. The predicted molar refractivity (Wildman–Crippen MR) is 83.7 cm³/mol. The van der Waals surface area contributed by atoms with Crippen LogP contribution in [0.15, 0.2) is 36.4 Å². The van der Waals surface area contributed by atoms with Gasteiger partial charge >= 0.3 is 6.18 Å². The monoisotopic (exact) mass is 311 g/mol. The van der Waals surface area contributed by atoms with Crippen molar-refractivity contribution in [1.29, 1.82) is 0 Å². The second kappa shape index (κ2) is 6.86. The quantitative estimate of drug-likeness (QED) is 0.723. The van der Waals surface area contributed by atoms with Crippen LogP contribution in [0.4, 0.5) is 13.2 Å². The molecule has 0 aliphatic carbocycles. The Bertz CT molecular complexity index is 494. The highest BCUT2D eigenvalue weighted by molar-refractivity contribution is 5.27. The summed E-state index contributed by atoms with van der Waals surface area (Å²) in [6.07, 6.45) is -2.37. The number of hydrogen-bond acceptors (Lipinski definition) is 1. The molecular formula is C18H24F3N. The first kappa shape index (κ1) is 17.1. The summed E-state index contributed by atoms with van der Waals surface area (Å²) in [7, 11) is 0. The Balaban J connectivity index is 1.89. The number of alkyl halides is 3. The molecule has 2 atom stereocenters. The molecule has 0 radical (unpaired) electrons. The molecule has 22 heavy (non-hydrogen) atoms. The van der Waals surface area contributed by atoms with E-state index in [0.717, 1.165) is 42.9 Å². The topological polar surface area (TPSA) is 3.24 Å². The van der Waals surface area contributed by atoms with Crippen molar-refractivity contribution < 1.29 is 13.2 Å². The van der Waals surface area contributed by atoms with Crippen LogP contribution in [-0.4, -0.2) is 24.5 Å².